The first kappa shape index (κ1) is 20.4. The van der Waals surface area contributed by atoms with Gasteiger partial charge in [-0.2, -0.15) is 9.65 Å². The van der Waals surface area contributed by atoms with E-state index in [0.717, 1.165) is 10.8 Å². The number of benzene rings is 2. The van der Waals surface area contributed by atoms with Crippen LogP contribution >= 0.6 is 0 Å². The minimum absolute atomic E-state index is 0.0818. The predicted molar refractivity (Wildman–Crippen MR) is 112 cm³/mol. The smallest absolute Gasteiger partial charge is 0.294 e. The van der Waals surface area contributed by atoms with Crippen LogP contribution in [-0.4, -0.2) is 46.9 Å². The maximum Gasteiger partial charge on any atom is 0.304 e. The molecule has 1 amide bonds. The van der Waals surface area contributed by atoms with Crippen molar-refractivity contribution in [1.82, 2.24) is 9.88 Å². The summed E-state index contributed by atoms with van der Waals surface area (Å²) in [6, 6.07) is 13.1. The van der Waals surface area contributed by atoms with Gasteiger partial charge in [-0.3, -0.25) is 24.7 Å². The molecule has 0 aliphatic carbocycles. The summed E-state index contributed by atoms with van der Waals surface area (Å²) in [4.78, 5) is 30.7. The van der Waals surface area contributed by atoms with E-state index in [0.29, 0.717) is 43.0 Å². The van der Waals surface area contributed by atoms with Crippen LogP contribution in [0.1, 0.15) is 11.1 Å². The molecular formula is C22H18FN5O3. The van der Waals surface area contributed by atoms with Crippen LogP contribution in [0, 0.1) is 27.3 Å². The fourth-order valence-corrected chi connectivity index (χ4v) is 3.64. The van der Waals surface area contributed by atoms with E-state index >= 15 is 0 Å². The zero-order valence-corrected chi connectivity index (χ0v) is 16.5. The Morgan fingerprint density at radius 2 is 2.00 bits per heavy atom. The number of rotatable bonds is 5. The molecule has 2 aromatic carbocycles. The van der Waals surface area contributed by atoms with Crippen LogP contribution in [-0.2, 0) is 11.2 Å². The Balaban J connectivity index is 1.39. The minimum atomic E-state index is -0.854. The number of pyridine rings is 1. The summed E-state index contributed by atoms with van der Waals surface area (Å²) in [7, 11) is 0. The van der Waals surface area contributed by atoms with Crippen LogP contribution in [0.2, 0.25) is 0 Å². The third-order valence-electron chi connectivity index (χ3n) is 5.34. The van der Waals surface area contributed by atoms with Crippen molar-refractivity contribution in [2.45, 2.75) is 6.42 Å². The molecule has 0 unspecified atom stereocenters. The first-order valence-corrected chi connectivity index (χ1v) is 9.70. The van der Waals surface area contributed by atoms with Crippen LogP contribution in [0.25, 0.3) is 10.8 Å². The third kappa shape index (κ3) is 4.34. The molecule has 4 rings (SSSR count). The molecule has 9 heteroatoms. The molecule has 1 aromatic heterocycles. The van der Waals surface area contributed by atoms with Crippen molar-refractivity contribution in [2.24, 2.45) is 0 Å². The van der Waals surface area contributed by atoms with Gasteiger partial charge in [-0.1, -0.05) is 12.1 Å². The van der Waals surface area contributed by atoms with Crippen LogP contribution in [0.15, 0.2) is 48.7 Å². The van der Waals surface area contributed by atoms with Crippen LogP contribution < -0.4 is 4.90 Å². The molecule has 0 atom stereocenters. The van der Waals surface area contributed by atoms with Gasteiger partial charge in [0.25, 0.3) is 0 Å². The zero-order chi connectivity index (χ0) is 22.0. The molecule has 2 heterocycles. The van der Waals surface area contributed by atoms with Gasteiger partial charge in [0.05, 0.1) is 23.1 Å². The largest absolute Gasteiger partial charge is 0.304 e. The number of nitro benzene ring substituents is 1. The Kier molecular flexibility index (Phi) is 5.56. The van der Waals surface area contributed by atoms with Crippen molar-refractivity contribution in [3.05, 3.63) is 75.7 Å². The molecule has 0 N–H and O–H groups in total. The van der Waals surface area contributed by atoms with Crippen molar-refractivity contribution in [3.63, 3.8) is 0 Å². The van der Waals surface area contributed by atoms with Gasteiger partial charge < -0.3 is 0 Å². The lowest BCUT2D eigenvalue weighted by Gasteiger charge is -2.33. The molecule has 0 bridgehead atoms. The normalized spacial score (nSPS) is 14.6. The zero-order valence-electron chi connectivity index (χ0n) is 16.5. The van der Waals surface area contributed by atoms with Crippen molar-refractivity contribution in [2.75, 3.05) is 31.1 Å². The summed E-state index contributed by atoms with van der Waals surface area (Å²) in [5, 5.41) is 21.5. The van der Waals surface area contributed by atoms with Crippen LogP contribution in [0.5, 0.6) is 0 Å². The van der Waals surface area contributed by atoms with Gasteiger partial charge in [0.2, 0.25) is 11.7 Å². The molecule has 31 heavy (non-hydrogen) atoms. The molecule has 8 nitrogen and oxygen atoms in total. The lowest BCUT2D eigenvalue weighted by atomic mass is 10.1. The van der Waals surface area contributed by atoms with Gasteiger partial charge in [-0.25, -0.2) is 4.98 Å². The second-order valence-corrected chi connectivity index (χ2v) is 7.33. The molecule has 0 saturated carbocycles. The number of amides is 1. The van der Waals surface area contributed by atoms with E-state index in [1.165, 1.54) is 18.2 Å². The second-order valence-electron chi connectivity index (χ2n) is 7.33. The van der Waals surface area contributed by atoms with E-state index in [1.807, 2.05) is 17.0 Å². The fraction of sp³-hybridized carbons (Fsp3) is 0.227. The number of carbonyl (C=O) groups excluding carboxylic acids is 1. The molecule has 1 aliphatic heterocycles. The Hall–Kier alpha value is -3.90. The summed E-state index contributed by atoms with van der Waals surface area (Å²) in [6.07, 6.45) is 2.14. The first-order valence-electron chi connectivity index (χ1n) is 9.70. The Morgan fingerprint density at radius 1 is 1.16 bits per heavy atom. The van der Waals surface area contributed by atoms with Crippen molar-refractivity contribution in [3.8, 4) is 6.07 Å². The van der Waals surface area contributed by atoms with Gasteiger partial charge in [0.1, 0.15) is 5.82 Å². The summed E-state index contributed by atoms with van der Waals surface area (Å²) in [5.74, 6) is -0.367. The first-order chi connectivity index (χ1) is 14.9. The third-order valence-corrected chi connectivity index (χ3v) is 5.34. The number of hydrogen-bond donors (Lipinski definition) is 0. The summed E-state index contributed by atoms with van der Waals surface area (Å²) < 4.78 is 13.8. The molecule has 1 saturated heterocycles. The van der Waals surface area contributed by atoms with Crippen molar-refractivity contribution < 1.29 is 14.1 Å². The van der Waals surface area contributed by atoms with E-state index < -0.39 is 16.4 Å². The fourth-order valence-electron chi connectivity index (χ4n) is 3.64. The van der Waals surface area contributed by atoms with Crippen LogP contribution in [0.4, 0.5) is 15.9 Å². The number of nitrogens with zero attached hydrogens (tertiary/aromatic N) is 5. The molecule has 1 fully saturated rings. The van der Waals surface area contributed by atoms with Gasteiger partial charge >= 0.3 is 5.69 Å². The highest BCUT2D eigenvalue weighted by molar-refractivity contribution is 5.96. The summed E-state index contributed by atoms with van der Waals surface area (Å²) in [5.41, 5.74) is 0.657. The predicted octanol–water partition coefficient (Wildman–Crippen LogP) is 3.05. The molecule has 1 aliphatic rings. The minimum Gasteiger partial charge on any atom is -0.294 e. The van der Waals surface area contributed by atoms with Gasteiger partial charge in [0.15, 0.2) is 0 Å². The van der Waals surface area contributed by atoms with Gasteiger partial charge in [-0.05, 0) is 41.6 Å². The number of nitro groups is 1. The van der Waals surface area contributed by atoms with Gasteiger partial charge in [-0.15, -0.1) is 0 Å². The number of anilines is 1. The topological polar surface area (TPSA) is 103 Å². The van der Waals surface area contributed by atoms with Gasteiger partial charge in [0, 0.05) is 37.3 Å². The van der Waals surface area contributed by atoms with Crippen molar-refractivity contribution >= 4 is 28.2 Å². The number of aromatic nitrogens is 1. The number of fused-ring (bicyclic) bond motifs is 1. The summed E-state index contributed by atoms with van der Waals surface area (Å²) in [6.45, 7) is 1.86. The SMILES string of the molecule is N#Cc1ccc2cc(N3CCN(CCc4ccc([N+](=O)[O-])c(F)c4)CC3=O)ncc2c1. The number of halogens is 1. The van der Waals surface area contributed by atoms with E-state index in [1.54, 1.807) is 23.2 Å². The molecular weight excluding hydrogens is 401 g/mol. The number of hydrogen-bond acceptors (Lipinski definition) is 6. The highest BCUT2D eigenvalue weighted by atomic mass is 19.1. The molecule has 0 radical (unpaired) electrons. The Bertz CT molecular complexity index is 1220. The lowest BCUT2D eigenvalue weighted by molar-refractivity contribution is -0.387. The number of carbonyl (C=O) groups is 1. The Labute approximate surface area is 177 Å². The quantitative estimate of drug-likeness (QED) is 0.465. The summed E-state index contributed by atoms with van der Waals surface area (Å²) >= 11 is 0. The molecule has 3 aromatic rings. The highest BCUT2D eigenvalue weighted by Gasteiger charge is 2.26. The lowest BCUT2D eigenvalue weighted by Crippen LogP contribution is -2.51. The number of piperazine rings is 1. The average molecular weight is 419 g/mol. The van der Waals surface area contributed by atoms with E-state index in [2.05, 4.69) is 11.1 Å². The van der Waals surface area contributed by atoms with E-state index in [9.17, 15) is 19.3 Å². The second kappa shape index (κ2) is 8.45. The van der Waals surface area contributed by atoms with Crippen molar-refractivity contribution in [1.29, 1.82) is 5.26 Å². The monoisotopic (exact) mass is 419 g/mol. The molecule has 0 spiro atoms. The number of nitriles is 1. The van der Waals surface area contributed by atoms with E-state index in [-0.39, 0.29) is 12.5 Å². The standard InChI is InChI=1S/C22H18FN5O3/c23-19-10-15(2-4-20(19)28(30)31)5-6-26-7-8-27(22(29)14-26)21-11-17-3-1-16(12-24)9-18(17)13-25-21/h1-4,9-11,13H,5-8,14H2. The van der Waals surface area contributed by atoms with E-state index in [4.69, 9.17) is 5.26 Å². The van der Waals surface area contributed by atoms with Crippen LogP contribution in [0.3, 0.4) is 0 Å². The Morgan fingerprint density at radius 3 is 2.71 bits per heavy atom. The molecule has 156 valence electrons. The average Bonchev–Trinajstić information content (AvgIpc) is 2.77. The maximum atomic E-state index is 13.8. The maximum absolute atomic E-state index is 13.8. The highest BCUT2D eigenvalue weighted by Crippen LogP contribution is 2.23.